The van der Waals surface area contributed by atoms with Gasteiger partial charge in [0.1, 0.15) is 6.10 Å². The molecule has 0 fully saturated rings. The Kier molecular flexibility index (Phi) is 11.4. The number of hydrogen-bond acceptors (Lipinski definition) is 4. The van der Waals surface area contributed by atoms with Gasteiger partial charge < -0.3 is 14.6 Å². The van der Waals surface area contributed by atoms with Crippen molar-refractivity contribution < 1.29 is 19.4 Å². The Balaban J connectivity index is 0. The summed E-state index contributed by atoms with van der Waals surface area (Å²) >= 11 is 0. The molecule has 0 bridgehead atoms. The van der Waals surface area contributed by atoms with Crippen molar-refractivity contribution in [2.75, 3.05) is 13.7 Å². The van der Waals surface area contributed by atoms with Gasteiger partial charge in [0.05, 0.1) is 6.61 Å². The highest BCUT2D eigenvalue weighted by Crippen LogP contribution is 2.24. The van der Waals surface area contributed by atoms with E-state index in [1.165, 1.54) is 0 Å². The van der Waals surface area contributed by atoms with Crippen LogP contribution in [-0.4, -0.2) is 30.9 Å². The molecular formula is C12H24O4. The van der Waals surface area contributed by atoms with Gasteiger partial charge in [0.15, 0.2) is 0 Å². The van der Waals surface area contributed by atoms with E-state index in [1.54, 1.807) is 6.92 Å². The normalized spacial score (nSPS) is 17.6. The lowest BCUT2D eigenvalue weighted by Crippen LogP contribution is -2.10. The molecule has 4 nitrogen and oxygen atoms in total. The highest BCUT2D eigenvalue weighted by atomic mass is 16.6. The Morgan fingerprint density at radius 1 is 1.50 bits per heavy atom. The van der Waals surface area contributed by atoms with Gasteiger partial charge in [0.25, 0.3) is 0 Å². The second-order valence-electron chi connectivity index (χ2n) is 2.96. The van der Waals surface area contributed by atoms with Gasteiger partial charge in [0.2, 0.25) is 5.76 Å². The summed E-state index contributed by atoms with van der Waals surface area (Å²) in [5.41, 5.74) is 0.987. The lowest BCUT2D eigenvalue weighted by Gasteiger charge is -2.06. The molecule has 4 heteroatoms. The molecule has 1 N–H and O–H groups in total. The Morgan fingerprint density at radius 3 is 2.31 bits per heavy atom. The van der Waals surface area contributed by atoms with E-state index in [2.05, 4.69) is 0 Å². The molecule has 0 saturated heterocycles. The number of carbonyl (C=O) groups is 1. The van der Waals surface area contributed by atoms with Gasteiger partial charge in [-0.3, -0.25) is 0 Å². The molecule has 0 aliphatic carbocycles. The summed E-state index contributed by atoms with van der Waals surface area (Å²) in [7, 11) is 1.00. The van der Waals surface area contributed by atoms with Gasteiger partial charge in [-0.15, -0.1) is 0 Å². The molecule has 96 valence electrons. The Hall–Kier alpha value is -1.03. The smallest absolute Gasteiger partial charge is 0.373 e. The largest absolute Gasteiger partial charge is 0.483 e. The molecule has 16 heavy (non-hydrogen) atoms. The predicted molar refractivity (Wildman–Crippen MR) is 64.0 cm³/mol. The van der Waals surface area contributed by atoms with Gasteiger partial charge in [-0.05, 0) is 26.3 Å². The van der Waals surface area contributed by atoms with Crippen LogP contribution < -0.4 is 0 Å². The molecule has 1 aliphatic heterocycles. The topological polar surface area (TPSA) is 55.8 Å². The lowest BCUT2D eigenvalue weighted by molar-refractivity contribution is -0.142. The van der Waals surface area contributed by atoms with E-state index in [0.717, 1.165) is 19.1 Å². The maximum absolute atomic E-state index is 11.2. The van der Waals surface area contributed by atoms with Crippen molar-refractivity contribution in [1.82, 2.24) is 0 Å². The first kappa shape index (κ1) is 17.4. The molecule has 1 atom stereocenters. The van der Waals surface area contributed by atoms with Crippen molar-refractivity contribution in [3.8, 4) is 0 Å². The molecule has 1 aliphatic rings. The van der Waals surface area contributed by atoms with Gasteiger partial charge >= 0.3 is 5.97 Å². The quantitative estimate of drug-likeness (QED) is 0.742. The van der Waals surface area contributed by atoms with E-state index in [9.17, 15) is 4.79 Å². The molecule has 0 radical (unpaired) electrons. The molecule has 1 unspecified atom stereocenters. The van der Waals surface area contributed by atoms with Crippen molar-refractivity contribution in [3.05, 3.63) is 11.3 Å². The summed E-state index contributed by atoms with van der Waals surface area (Å²) in [6, 6.07) is 0. The van der Waals surface area contributed by atoms with Crippen LogP contribution in [0.3, 0.4) is 0 Å². The molecule has 0 amide bonds. The average Bonchev–Trinajstić information content (AvgIpc) is 2.64. The highest BCUT2D eigenvalue weighted by Gasteiger charge is 2.25. The molecule has 1 rings (SSSR count). The van der Waals surface area contributed by atoms with Gasteiger partial charge in [-0.2, -0.15) is 0 Å². The number of rotatable bonds is 2. The third-order valence-electron chi connectivity index (χ3n) is 1.76. The van der Waals surface area contributed by atoms with Crippen LogP contribution in [0, 0.1) is 0 Å². The van der Waals surface area contributed by atoms with E-state index >= 15 is 0 Å². The van der Waals surface area contributed by atoms with Crippen LogP contribution in [0.1, 0.15) is 41.0 Å². The summed E-state index contributed by atoms with van der Waals surface area (Å²) in [6.07, 6.45) is 0.943. The monoisotopic (exact) mass is 232 g/mol. The van der Waals surface area contributed by atoms with Crippen LogP contribution in [0.5, 0.6) is 0 Å². The maximum atomic E-state index is 11.2. The Bertz CT molecular complexity index is 221. The second-order valence-corrected chi connectivity index (χ2v) is 2.96. The van der Waals surface area contributed by atoms with Crippen LogP contribution >= 0.6 is 0 Å². The lowest BCUT2D eigenvalue weighted by atomic mass is 10.2. The van der Waals surface area contributed by atoms with Crippen molar-refractivity contribution >= 4 is 5.97 Å². The Labute approximate surface area is 98.3 Å². The highest BCUT2D eigenvalue weighted by molar-refractivity contribution is 5.87. The van der Waals surface area contributed by atoms with E-state index in [0.29, 0.717) is 12.4 Å². The first-order chi connectivity index (χ1) is 7.65. The fourth-order valence-corrected chi connectivity index (χ4v) is 1.29. The molecule has 0 aromatic heterocycles. The van der Waals surface area contributed by atoms with Crippen LogP contribution in [0.25, 0.3) is 0 Å². The van der Waals surface area contributed by atoms with E-state index in [4.69, 9.17) is 14.6 Å². The SMILES string of the molecule is CC.CCOC(=O)C1=C(C)CC(C)O1.CO. The Morgan fingerprint density at radius 2 is 2.00 bits per heavy atom. The van der Waals surface area contributed by atoms with Crippen LogP contribution in [0.15, 0.2) is 11.3 Å². The molecule has 0 spiro atoms. The average molecular weight is 232 g/mol. The number of aliphatic hydroxyl groups is 1. The number of hydrogen-bond donors (Lipinski definition) is 1. The number of carbonyl (C=O) groups excluding carboxylic acids is 1. The minimum absolute atomic E-state index is 0.115. The molecule has 0 saturated carbocycles. The fourth-order valence-electron chi connectivity index (χ4n) is 1.29. The van der Waals surface area contributed by atoms with Crippen LogP contribution in [-0.2, 0) is 14.3 Å². The van der Waals surface area contributed by atoms with Crippen molar-refractivity contribution in [1.29, 1.82) is 0 Å². The predicted octanol–water partition coefficient (Wildman–Crippen LogP) is 2.27. The number of aliphatic hydroxyl groups excluding tert-OH is 1. The summed E-state index contributed by atoms with van der Waals surface area (Å²) < 4.78 is 10.1. The summed E-state index contributed by atoms with van der Waals surface area (Å²) in [6.45, 7) is 10.0. The van der Waals surface area contributed by atoms with Crippen LogP contribution in [0.4, 0.5) is 0 Å². The third kappa shape index (κ3) is 5.75. The van der Waals surface area contributed by atoms with E-state index in [1.807, 2.05) is 27.7 Å². The van der Waals surface area contributed by atoms with Crippen molar-refractivity contribution in [2.24, 2.45) is 0 Å². The third-order valence-corrected chi connectivity index (χ3v) is 1.76. The number of ether oxygens (including phenoxy) is 2. The van der Waals surface area contributed by atoms with Gasteiger partial charge in [0, 0.05) is 13.5 Å². The summed E-state index contributed by atoms with van der Waals surface area (Å²) in [5, 5.41) is 7.00. The zero-order valence-electron chi connectivity index (χ0n) is 11.2. The summed E-state index contributed by atoms with van der Waals surface area (Å²) in [5.74, 6) is 0.0729. The molecular weight excluding hydrogens is 208 g/mol. The first-order valence-electron chi connectivity index (χ1n) is 5.63. The summed E-state index contributed by atoms with van der Waals surface area (Å²) in [4.78, 5) is 11.2. The molecule has 0 aromatic carbocycles. The zero-order valence-corrected chi connectivity index (χ0v) is 11.2. The zero-order chi connectivity index (χ0) is 13.1. The van der Waals surface area contributed by atoms with E-state index in [-0.39, 0.29) is 12.1 Å². The van der Waals surface area contributed by atoms with Crippen molar-refractivity contribution in [3.63, 3.8) is 0 Å². The standard InChI is InChI=1S/C9H14O3.C2H6.CH4O/c1-4-11-9(10)8-6(2)5-7(3)12-8;2*1-2/h7H,4-5H2,1-3H3;1-2H3;2H,1H3. The van der Waals surface area contributed by atoms with Crippen LogP contribution in [0.2, 0.25) is 0 Å². The minimum Gasteiger partial charge on any atom is -0.483 e. The van der Waals surface area contributed by atoms with Crippen molar-refractivity contribution in [2.45, 2.75) is 47.1 Å². The van der Waals surface area contributed by atoms with E-state index < -0.39 is 0 Å². The van der Waals surface area contributed by atoms with Gasteiger partial charge in [-0.1, -0.05) is 13.8 Å². The maximum Gasteiger partial charge on any atom is 0.373 e. The molecule has 0 aromatic rings. The van der Waals surface area contributed by atoms with Gasteiger partial charge in [-0.25, -0.2) is 4.79 Å². The minimum atomic E-state index is -0.334. The number of esters is 1. The second kappa shape index (κ2) is 10.5. The molecule has 1 heterocycles. The fraction of sp³-hybridized carbons (Fsp3) is 0.750. The first-order valence-corrected chi connectivity index (χ1v) is 5.63.